The van der Waals surface area contributed by atoms with Crippen molar-refractivity contribution < 1.29 is 28.7 Å². The SMILES string of the molecule is CCOC(=O)COc1ccc(/C=C2\SC(=O)N(CC(=O)Nc3ccc(I)cc3)C2=O)cc1. The van der Waals surface area contributed by atoms with Gasteiger partial charge in [0.1, 0.15) is 12.3 Å². The number of rotatable bonds is 8. The second kappa shape index (κ2) is 11.1. The Morgan fingerprint density at radius 2 is 1.78 bits per heavy atom. The Morgan fingerprint density at radius 1 is 1.09 bits per heavy atom. The van der Waals surface area contributed by atoms with E-state index in [0.717, 1.165) is 20.2 Å². The van der Waals surface area contributed by atoms with Crippen LogP contribution in [0.2, 0.25) is 0 Å². The van der Waals surface area contributed by atoms with Crippen LogP contribution in [0.4, 0.5) is 10.5 Å². The summed E-state index contributed by atoms with van der Waals surface area (Å²) in [5.74, 6) is -0.981. The van der Waals surface area contributed by atoms with E-state index < -0.39 is 23.0 Å². The first kappa shape index (κ1) is 23.8. The van der Waals surface area contributed by atoms with Crippen molar-refractivity contribution in [3.8, 4) is 5.75 Å². The normalized spacial score (nSPS) is 14.6. The summed E-state index contributed by atoms with van der Waals surface area (Å²) < 4.78 is 11.1. The monoisotopic (exact) mass is 566 g/mol. The molecule has 2 aromatic rings. The van der Waals surface area contributed by atoms with Crippen LogP contribution in [-0.4, -0.2) is 47.7 Å². The van der Waals surface area contributed by atoms with Gasteiger partial charge in [-0.1, -0.05) is 12.1 Å². The number of anilines is 1. The lowest BCUT2D eigenvalue weighted by molar-refractivity contribution is -0.145. The van der Waals surface area contributed by atoms with Crippen LogP contribution < -0.4 is 10.1 Å². The van der Waals surface area contributed by atoms with E-state index in [1.807, 2.05) is 12.1 Å². The quantitative estimate of drug-likeness (QED) is 0.294. The molecule has 3 amide bonds. The molecular weight excluding hydrogens is 547 g/mol. The first-order valence-corrected chi connectivity index (χ1v) is 11.4. The number of hydrogen-bond donors (Lipinski definition) is 1. The molecule has 0 aromatic heterocycles. The molecule has 1 N–H and O–H groups in total. The number of esters is 1. The number of carbonyl (C=O) groups excluding carboxylic acids is 4. The van der Waals surface area contributed by atoms with E-state index in [0.29, 0.717) is 17.0 Å². The van der Waals surface area contributed by atoms with Crippen molar-refractivity contribution in [2.45, 2.75) is 6.92 Å². The minimum Gasteiger partial charge on any atom is -0.482 e. The van der Waals surface area contributed by atoms with E-state index >= 15 is 0 Å². The summed E-state index contributed by atoms with van der Waals surface area (Å²) in [7, 11) is 0. The summed E-state index contributed by atoms with van der Waals surface area (Å²) in [5.41, 5.74) is 1.26. The molecule has 8 nitrogen and oxygen atoms in total. The smallest absolute Gasteiger partial charge is 0.344 e. The number of amides is 3. The molecule has 0 atom stereocenters. The Morgan fingerprint density at radius 3 is 2.44 bits per heavy atom. The number of imide groups is 1. The summed E-state index contributed by atoms with van der Waals surface area (Å²) in [6.07, 6.45) is 1.57. The van der Waals surface area contributed by atoms with Crippen molar-refractivity contribution in [2.24, 2.45) is 0 Å². The fourth-order valence-electron chi connectivity index (χ4n) is 2.67. The van der Waals surface area contributed by atoms with Gasteiger partial charge >= 0.3 is 5.97 Å². The van der Waals surface area contributed by atoms with E-state index in [1.54, 1.807) is 49.4 Å². The zero-order valence-corrected chi connectivity index (χ0v) is 20.0. The molecule has 3 rings (SSSR count). The van der Waals surface area contributed by atoms with Crippen molar-refractivity contribution in [1.29, 1.82) is 0 Å². The van der Waals surface area contributed by atoms with Crippen LogP contribution in [0.5, 0.6) is 5.75 Å². The highest BCUT2D eigenvalue weighted by molar-refractivity contribution is 14.1. The Labute approximate surface area is 202 Å². The molecular formula is C22H19IN2O6S. The predicted octanol–water partition coefficient (Wildman–Crippen LogP) is 3.91. The first-order valence-electron chi connectivity index (χ1n) is 9.55. The van der Waals surface area contributed by atoms with E-state index in [2.05, 4.69) is 27.9 Å². The fraction of sp³-hybridized carbons (Fsp3) is 0.182. The number of nitrogens with zero attached hydrogens (tertiary/aromatic N) is 1. The van der Waals surface area contributed by atoms with Crippen LogP contribution in [0.3, 0.4) is 0 Å². The van der Waals surface area contributed by atoms with Crippen molar-refractivity contribution in [3.05, 3.63) is 62.6 Å². The van der Waals surface area contributed by atoms with Gasteiger partial charge in [-0.2, -0.15) is 0 Å². The Kier molecular flexibility index (Phi) is 8.28. The van der Waals surface area contributed by atoms with E-state index in [9.17, 15) is 19.2 Å². The van der Waals surface area contributed by atoms with Crippen LogP contribution in [-0.2, 0) is 19.1 Å². The second-order valence-corrected chi connectivity index (χ2v) is 8.72. The zero-order chi connectivity index (χ0) is 23.1. The lowest BCUT2D eigenvalue weighted by Gasteiger charge is -2.12. The lowest BCUT2D eigenvalue weighted by Crippen LogP contribution is -2.36. The highest BCUT2D eigenvalue weighted by atomic mass is 127. The molecule has 0 radical (unpaired) electrons. The molecule has 1 aliphatic rings. The first-order chi connectivity index (χ1) is 15.4. The number of ether oxygens (including phenoxy) is 2. The number of hydrogen-bond acceptors (Lipinski definition) is 7. The minimum atomic E-state index is -0.527. The number of benzene rings is 2. The third kappa shape index (κ3) is 6.57. The van der Waals surface area contributed by atoms with Gasteiger partial charge in [0, 0.05) is 9.26 Å². The van der Waals surface area contributed by atoms with Crippen LogP contribution in [0.1, 0.15) is 12.5 Å². The van der Waals surface area contributed by atoms with Crippen molar-refractivity contribution in [1.82, 2.24) is 4.90 Å². The van der Waals surface area contributed by atoms with E-state index in [1.165, 1.54) is 0 Å². The second-order valence-electron chi connectivity index (χ2n) is 6.49. The van der Waals surface area contributed by atoms with Crippen molar-refractivity contribution in [2.75, 3.05) is 25.1 Å². The molecule has 32 heavy (non-hydrogen) atoms. The largest absolute Gasteiger partial charge is 0.482 e. The maximum atomic E-state index is 12.6. The van der Waals surface area contributed by atoms with Gasteiger partial charge in [-0.05, 0) is 89.3 Å². The van der Waals surface area contributed by atoms with Crippen LogP contribution in [0.15, 0.2) is 53.4 Å². The molecule has 1 saturated heterocycles. The van der Waals surface area contributed by atoms with Gasteiger partial charge in [0.15, 0.2) is 6.61 Å². The summed E-state index contributed by atoms with van der Waals surface area (Å²) in [6.45, 7) is 1.43. The number of thioether (sulfide) groups is 1. The van der Waals surface area contributed by atoms with Gasteiger partial charge in [-0.3, -0.25) is 19.3 Å². The van der Waals surface area contributed by atoms with Crippen LogP contribution in [0.25, 0.3) is 6.08 Å². The average Bonchev–Trinajstić information content (AvgIpc) is 3.02. The van der Waals surface area contributed by atoms with Crippen LogP contribution >= 0.6 is 34.4 Å². The third-order valence-electron chi connectivity index (χ3n) is 4.14. The molecule has 0 unspecified atom stereocenters. The van der Waals surface area contributed by atoms with Gasteiger partial charge in [0.2, 0.25) is 5.91 Å². The topological polar surface area (TPSA) is 102 Å². The Hall–Kier alpha value is -2.86. The van der Waals surface area contributed by atoms with E-state index in [4.69, 9.17) is 9.47 Å². The van der Waals surface area contributed by atoms with Crippen molar-refractivity contribution >= 4 is 69.1 Å². The molecule has 1 fully saturated rings. The minimum absolute atomic E-state index is 0.198. The summed E-state index contributed by atoms with van der Waals surface area (Å²) in [4.78, 5) is 49.6. The van der Waals surface area contributed by atoms with Crippen LogP contribution in [0, 0.1) is 3.57 Å². The Bertz CT molecular complexity index is 1050. The van der Waals surface area contributed by atoms with Gasteiger partial charge in [-0.25, -0.2) is 4.79 Å². The molecule has 0 spiro atoms. The predicted molar refractivity (Wildman–Crippen MR) is 129 cm³/mol. The molecule has 0 aliphatic carbocycles. The fourth-order valence-corrected chi connectivity index (χ4v) is 3.87. The molecule has 1 aliphatic heterocycles. The summed E-state index contributed by atoms with van der Waals surface area (Å²) in [6, 6.07) is 13.8. The summed E-state index contributed by atoms with van der Waals surface area (Å²) >= 11 is 2.93. The number of nitrogens with one attached hydrogen (secondary N) is 1. The maximum absolute atomic E-state index is 12.6. The standard InChI is InChI=1S/C22H19IN2O6S/c1-2-30-20(27)13-31-17-9-3-14(4-10-17)11-18-21(28)25(22(29)32-18)12-19(26)24-16-7-5-15(23)6-8-16/h3-11H,2,12-13H2,1H3,(H,24,26)/b18-11-. The zero-order valence-electron chi connectivity index (χ0n) is 17.0. The van der Waals surface area contributed by atoms with Gasteiger partial charge in [0.25, 0.3) is 11.1 Å². The lowest BCUT2D eigenvalue weighted by atomic mass is 10.2. The van der Waals surface area contributed by atoms with Gasteiger partial charge in [0.05, 0.1) is 11.5 Å². The highest BCUT2D eigenvalue weighted by Gasteiger charge is 2.36. The van der Waals surface area contributed by atoms with Crippen molar-refractivity contribution in [3.63, 3.8) is 0 Å². The highest BCUT2D eigenvalue weighted by Crippen LogP contribution is 2.32. The molecule has 1 heterocycles. The maximum Gasteiger partial charge on any atom is 0.344 e. The molecule has 166 valence electrons. The molecule has 10 heteroatoms. The van der Waals surface area contributed by atoms with Gasteiger partial charge in [-0.15, -0.1) is 0 Å². The summed E-state index contributed by atoms with van der Waals surface area (Å²) in [5, 5.41) is 2.17. The molecule has 0 bridgehead atoms. The van der Waals surface area contributed by atoms with Gasteiger partial charge < -0.3 is 14.8 Å². The van der Waals surface area contributed by atoms with E-state index in [-0.39, 0.29) is 24.7 Å². The number of carbonyl (C=O) groups is 4. The molecule has 0 saturated carbocycles. The average molecular weight is 566 g/mol. The third-order valence-corrected chi connectivity index (χ3v) is 5.77. The Balaban J connectivity index is 1.59. The number of halogens is 1. The molecule has 2 aromatic carbocycles.